The van der Waals surface area contributed by atoms with Crippen LogP contribution in [0, 0.1) is 16.0 Å². The highest BCUT2D eigenvalue weighted by molar-refractivity contribution is 7.89. The highest BCUT2D eigenvalue weighted by Gasteiger charge is 2.31. The lowest BCUT2D eigenvalue weighted by molar-refractivity contribution is -0.384. The van der Waals surface area contributed by atoms with Gasteiger partial charge in [0.2, 0.25) is 15.9 Å². The van der Waals surface area contributed by atoms with Crippen molar-refractivity contribution in [3.63, 3.8) is 0 Å². The number of carbonyl (C=O) groups excluding carboxylic acids is 1. The molecule has 0 radical (unpaired) electrons. The lowest BCUT2D eigenvalue weighted by atomic mass is 10.0. The molecule has 9 nitrogen and oxygen atoms in total. The molecule has 0 unspecified atom stereocenters. The van der Waals surface area contributed by atoms with Crippen LogP contribution < -0.4 is 10.2 Å². The Hall–Kier alpha value is -2.20. The molecule has 0 spiro atoms. The Morgan fingerprint density at radius 3 is 2.75 bits per heavy atom. The number of likely N-dealkylation sites (N-methyl/N-ethyl adjacent to an activating group) is 1. The van der Waals surface area contributed by atoms with Crippen LogP contribution in [-0.2, 0) is 14.8 Å². The summed E-state index contributed by atoms with van der Waals surface area (Å²) in [6.07, 6.45) is 2.53. The largest absolute Gasteiger partial charge is 0.360 e. The summed E-state index contributed by atoms with van der Waals surface area (Å²) in [5.74, 6) is 0.00296. The third-order valence-corrected chi connectivity index (χ3v) is 6.63. The number of nitrogens with zero attached hydrogens (tertiary/aromatic N) is 3. The maximum atomic E-state index is 12.9. The number of nitrogens with one attached hydrogen (secondary N) is 1. The number of carbonyl (C=O) groups is 1. The lowest BCUT2D eigenvalue weighted by Crippen LogP contribution is -2.39. The van der Waals surface area contributed by atoms with E-state index in [1.165, 1.54) is 21.3 Å². The summed E-state index contributed by atoms with van der Waals surface area (Å²) in [7, 11) is -2.23. The fourth-order valence-corrected chi connectivity index (χ4v) is 4.89. The van der Waals surface area contributed by atoms with Crippen molar-refractivity contribution in [1.82, 2.24) is 9.62 Å². The highest BCUT2D eigenvalue weighted by Crippen LogP contribution is 2.32. The molecule has 1 fully saturated rings. The average molecular weight is 413 g/mol. The van der Waals surface area contributed by atoms with E-state index in [0.29, 0.717) is 19.6 Å². The first-order valence-electron chi connectivity index (χ1n) is 9.43. The fourth-order valence-electron chi connectivity index (χ4n) is 3.27. The zero-order chi connectivity index (χ0) is 20.9. The molecule has 1 aliphatic heterocycles. The Morgan fingerprint density at radius 1 is 1.43 bits per heavy atom. The van der Waals surface area contributed by atoms with Crippen LogP contribution in [-0.4, -0.2) is 56.8 Å². The van der Waals surface area contributed by atoms with Gasteiger partial charge in [0, 0.05) is 32.7 Å². The van der Waals surface area contributed by atoms with Gasteiger partial charge in [-0.3, -0.25) is 14.9 Å². The number of rotatable bonds is 8. The van der Waals surface area contributed by atoms with Gasteiger partial charge in [0.25, 0.3) is 5.69 Å². The predicted molar refractivity (Wildman–Crippen MR) is 107 cm³/mol. The predicted octanol–water partition coefficient (Wildman–Crippen LogP) is 1.98. The fraction of sp³-hybridized carbons (Fsp3) is 0.611. The summed E-state index contributed by atoms with van der Waals surface area (Å²) < 4.78 is 27.2. The molecule has 1 N–H and O–H groups in total. The molecular weight excluding hydrogens is 384 g/mol. The van der Waals surface area contributed by atoms with Crippen LogP contribution >= 0.6 is 0 Å². The summed E-state index contributed by atoms with van der Waals surface area (Å²) in [4.78, 5) is 24.2. The third kappa shape index (κ3) is 5.20. The van der Waals surface area contributed by atoms with Gasteiger partial charge in [-0.15, -0.1) is 0 Å². The zero-order valence-corrected chi connectivity index (χ0v) is 17.4. The molecule has 0 aliphatic carbocycles. The molecule has 10 heteroatoms. The minimum atomic E-state index is -3.80. The van der Waals surface area contributed by atoms with Gasteiger partial charge in [-0.25, -0.2) is 8.42 Å². The van der Waals surface area contributed by atoms with Crippen LogP contribution in [0.5, 0.6) is 0 Å². The number of nitro groups is 1. The second-order valence-electron chi connectivity index (χ2n) is 7.22. The number of sulfonamides is 1. The van der Waals surface area contributed by atoms with E-state index in [1.54, 1.807) is 7.05 Å². The van der Waals surface area contributed by atoms with Gasteiger partial charge >= 0.3 is 0 Å². The van der Waals surface area contributed by atoms with Crippen molar-refractivity contribution in [1.29, 1.82) is 0 Å². The molecule has 156 valence electrons. The minimum absolute atomic E-state index is 0.0590. The Kier molecular flexibility index (Phi) is 7.36. The Bertz CT molecular complexity index is 827. The molecule has 1 aromatic rings. The molecule has 1 aromatic carbocycles. The Morgan fingerprint density at radius 2 is 2.14 bits per heavy atom. The number of hydrogen-bond donors (Lipinski definition) is 1. The SMILES string of the molecule is CCCNC(=O)CN(C)c1ccc(S(=O)(=O)N2CCC[C@H](C)C2)cc1[N+](=O)[O-]. The van der Waals surface area contributed by atoms with Gasteiger partial charge in [0.15, 0.2) is 0 Å². The van der Waals surface area contributed by atoms with Crippen molar-refractivity contribution in [3.05, 3.63) is 28.3 Å². The zero-order valence-electron chi connectivity index (χ0n) is 16.6. The van der Waals surface area contributed by atoms with Crippen LogP contribution in [0.3, 0.4) is 0 Å². The first kappa shape index (κ1) is 22.1. The van der Waals surface area contributed by atoms with Crippen LogP contribution in [0.1, 0.15) is 33.1 Å². The lowest BCUT2D eigenvalue weighted by Gasteiger charge is -2.30. The Balaban J connectivity index is 2.29. The summed E-state index contributed by atoms with van der Waals surface area (Å²) >= 11 is 0. The molecule has 1 atom stereocenters. The van der Waals surface area contributed by atoms with Gasteiger partial charge in [-0.05, 0) is 37.3 Å². The smallest absolute Gasteiger partial charge is 0.293 e. The minimum Gasteiger partial charge on any atom is -0.360 e. The van der Waals surface area contributed by atoms with Crippen LogP contribution in [0.2, 0.25) is 0 Å². The number of hydrogen-bond acceptors (Lipinski definition) is 6. The number of nitro benzene ring substituents is 1. The molecule has 0 aromatic heterocycles. The quantitative estimate of drug-likeness (QED) is 0.516. The number of anilines is 1. The van der Waals surface area contributed by atoms with E-state index in [4.69, 9.17) is 0 Å². The first-order chi connectivity index (χ1) is 13.2. The normalized spacial score (nSPS) is 17.9. The summed E-state index contributed by atoms with van der Waals surface area (Å²) in [5, 5.41) is 14.3. The monoisotopic (exact) mass is 412 g/mol. The van der Waals surface area contributed by atoms with Crippen molar-refractivity contribution in [2.75, 3.05) is 38.1 Å². The molecule has 1 amide bonds. The van der Waals surface area contributed by atoms with E-state index in [-0.39, 0.29) is 34.6 Å². The third-order valence-electron chi connectivity index (χ3n) is 4.77. The second kappa shape index (κ2) is 9.33. The van der Waals surface area contributed by atoms with E-state index in [9.17, 15) is 23.3 Å². The summed E-state index contributed by atoms with van der Waals surface area (Å²) in [6, 6.07) is 3.85. The van der Waals surface area contributed by atoms with Crippen molar-refractivity contribution in [3.8, 4) is 0 Å². The maximum absolute atomic E-state index is 12.9. The molecular formula is C18H28N4O5S. The van der Waals surface area contributed by atoms with E-state index in [0.717, 1.165) is 25.3 Å². The van der Waals surface area contributed by atoms with Gasteiger partial charge in [-0.1, -0.05) is 13.8 Å². The maximum Gasteiger partial charge on any atom is 0.293 e. The van der Waals surface area contributed by atoms with Crippen molar-refractivity contribution in [2.45, 2.75) is 38.0 Å². The van der Waals surface area contributed by atoms with Gasteiger partial charge in [0.1, 0.15) is 5.69 Å². The van der Waals surface area contributed by atoms with E-state index < -0.39 is 14.9 Å². The standard InChI is InChI=1S/C18H28N4O5S/c1-4-9-19-18(23)13-20(3)16-8-7-15(11-17(16)22(24)25)28(26,27)21-10-5-6-14(2)12-21/h7-8,11,14H,4-6,9-10,12-13H2,1-3H3,(H,19,23)/t14-/m0/s1. The number of benzene rings is 1. The number of piperidine rings is 1. The van der Waals surface area contributed by atoms with Crippen LogP contribution in [0.4, 0.5) is 11.4 Å². The summed E-state index contributed by atoms with van der Waals surface area (Å²) in [5.41, 5.74) is -0.139. The van der Waals surface area contributed by atoms with Gasteiger partial charge in [0.05, 0.1) is 16.4 Å². The second-order valence-corrected chi connectivity index (χ2v) is 9.16. The molecule has 0 bridgehead atoms. The van der Waals surface area contributed by atoms with Crippen molar-refractivity contribution < 1.29 is 18.1 Å². The molecule has 1 saturated heterocycles. The van der Waals surface area contributed by atoms with Crippen molar-refractivity contribution in [2.24, 2.45) is 5.92 Å². The molecule has 0 saturated carbocycles. The Labute approximate surface area is 165 Å². The molecule has 2 rings (SSSR count). The van der Waals surface area contributed by atoms with E-state index in [1.807, 2.05) is 13.8 Å². The van der Waals surface area contributed by atoms with E-state index >= 15 is 0 Å². The molecule has 28 heavy (non-hydrogen) atoms. The van der Waals surface area contributed by atoms with Crippen molar-refractivity contribution >= 4 is 27.3 Å². The average Bonchev–Trinajstić information content (AvgIpc) is 2.65. The first-order valence-corrected chi connectivity index (χ1v) is 10.9. The molecule has 1 heterocycles. The number of amides is 1. The van der Waals surface area contributed by atoms with Crippen LogP contribution in [0.15, 0.2) is 23.1 Å². The van der Waals surface area contributed by atoms with Gasteiger partial charge in [-0.2, -0.15) is 4.31 Å². The van der Waals surface area contributed by atoms with Crippen LogP contribution in [0.25, 0.3) is 0 Å². The summed E-state index contributed by atoms with van der Waals surface area (Å²) in [6.45, 7) is 5.22. The van der Waals surface area contributed by atoms with Gasteiger partial charge < -0.3 is 10.2 Å². The highest BCUT2D eigenvalue weighted by atomic mass is 32.2. The molecule has 1 aliphatic rings. The topological polar surface area (TPSA) is 113 Å². The van der Waals surface area contributed by atoms with E-state index in [2.05, 4.69) is 5.32 Å².